The molecular formula is C16H28N2O6. The van der Waals surface area contributed by atoms with E-state index in [1.807, 2.05) is 13.8 Å². The summed E-state index contributed by atoms with van der Waals surface area (Å²) in [5, 5.41) is 22.0. The second-order valence-electron chi connectivity index (χ2n) is 6.64. The van der Waals surface area contributed by atoms with Gasteiger partial charge in [-0.25, -0.2) is 9.59 Å². The number of carboxylic acid groups (broad SMARTS) is 2. The van der Waals surface area contributed by atoms with Gasteiger partial charge >= 0.3 is 18.0 Å². The van der Waals surface area contributed by atoms with E-state index < -0.39 is 29.6 Å². The zero-order valence-electron chi connectivity index (χ0n) is 14.6. The molecule has 1 heterocycles. The number of hydrogen-bond donors (Lipinski definition) is 3. The van der Waals surface area contributed by atoms with Gasteiger partial charge in [0.2, 0.25) is 0 Å². The number of methoxy groups -OCH3 is 1. The van der Waals surface area contributed by atoms with Crippen molar-refractivity contribution in [3.05, 3.63) is 0 Å². The van der Waals surface area contributed by atoms with Gasteiger partial charge in [-0.15, -0.1) is 0 Å². The van der Waals surface area contributed by atoms with Crippen molar-refractivity contribution in [1.82, 2.24) is 10.2 Å². The van der Waals surface area contributed by atoms with Crippen molar-refractivity contribution in [2.24, 2.45) is 5.92 Å². The number of carboxylic acids is 1. The molecule has 1 rings (SSSR count). The van der Waals surface area contributed by atoms with Crippen molar-refractivity contribution in [3.8, 4) is 0 Å². The van der Waals surface area contributed by atoms with Gasteiger partial charge in [0.15, 0.2) is 0 Å². The van der Waals surface area contributed by atoms with E-state index in [0.717, 1.165) is 4.90 Å². The molecule has 0 aromatic carbocycles. The monoisotopic (exact) mass is 344 g/mol. The number of esters is 1. The first-order valence-electron chi connectivity index (χ1n) is 8.29. The highest BCUT2D eigenvalue weighted by Crippen LogP contribution is 2.31. The van der Waals surface area contributed by atoms with Crippen LogP contribution in [0.25, 0.3) is 0 Å². The highest BCUT2D eigenvalue weighted by Gasteiger charge is 2.48. The number of likely N-dealkylation sites (tertiary alicyclic amines) is 1. The lowest BCUT2D eigenvalue weighted by atomic mass is 9.83. The van der Waals surface area contributed by atoms with E-state index >= 15 is 0 Å². The zero-order valence-corrected chi connectivity index (χ0v) is 14.6. The summed E-state index contributed by atoms with van der Waals surface area (Å²) in [4.78, 5) is 36.1. The molecule has 0 aliphatic carbocycles. The van der Waals surface area contributed by atoms with Crippen LogP contribution in [-0.2, 0) is 14.3 Å². The van der Waals surface area contributed by atoms with Crippen LogP contribution in [0, 0.1) is 5.92 Å². The summed E-state index contributed by atoms with van der Waals surface area (Å²) in [7, 11) is 1.31. The minimum absolute atomic E-state index is 0.111. The van der Waals surface area contributed by atoms with E-state index in [-0.39, 0.29) is 31.8 Å². The Labute approximate surface area is 142 Å². The number of carbonyl (C=O) groups is 3. The van der Waals surface area contributed by atoms with E-state index in [2.05, 4.69) is 5.32 Å². The molecule has 1 aliphatic rings. The predicted octanol–water partition coefficient (Wildman–Crippen LogP) is 1.54. The van der Waals surface area contributed by atoms with Gasteiger partial charge in [-0.05, 0) is 44.6 Å². The Hall–Kier alpha value is -1.83. The van der Waals surface area contributed by atoms with Crippen LogP contribution in [-0.4, -0.2) is 64.9 Å². The first kappa shape index (κ1) is 20.2. The molecule has 0 aromatic heterocycles. The SMILES string of the molecule is COC(=O)[C@H](CC(C)C)NCC[C@@]1(C(=O)O)CCCCN1C(=O)O. The highest BCUT2D eigenvalue weighted by molar-refractivity contribution is 5.84. The summed E-state index contributed by atoms with van der Waals surface area (Å²) >= 11 is 0. The maximum absolute atomic E-state index is 11.8. The number of rotatable bonds is 8. The second-order valence-corrected chi connectivity index (χ2v) is 6.64. The molecule has 8 nitrogen and oxygen atoms in total. The summed E-state index contributed by atoms with van der Waals surface area (Å²) in [5.41, 5.74) is -1.43. The van der Waals surface area contributed by atoms with Gasteiger partial charge in [-0.3, -0.25) is 9.69 Å². The molecule has 1 aliphatic heterocycles. The van der Waals surface area contributed by atoms with Crippen LogP contribution in [0.2, 0.25) is 0 Å². The Morgan fingerprint density at radius 3 is 2.42 bits per heavy atom. The predicted molar refractivity (Wildman–Crippen MR) is 86.8 cm³/mol. The lowest BCUT2D eigenvalue weighted by Gasteiger charge is -2.42. The fourth-order valence-corrected chi connectivity index (χ4v) is 3.23. The Kier molecular flexibility index (Phi) is 7.47. The maximum Gasteiger partial charge on any atom is 0.408 e. The molecular weight excluding hydrogens is 316 g/mol. The molecule has 0 radical (unpaired) electrons. The van der Waals surface area contributed by atoms with Gasteiger partial charge in [-0.1, -0.05) is 13.8 Å². The van der Waals surface area contributed by atoms with Crippen molar-refractivity contribution in [1.29, 1.82) is 0 Å². The lowest BCUT2D eigenvalue weighted by molar-refractivity contribution is -0.153. The van der Waals surface area contributed by atoms with Gasteiger partial charge in [0.1, 0.15) is 11.6 Å². The minimum atomic E-state index is -1.43. The molecule has 1 fully saturated rings. The largest absolute Gasteiger partial charge is 0.479 e. The Morgan fingerprint density at radius 2 is 1.92 bits per heavy atom. The fourth-order valence-electron chi connectivity index (χ4n) is 3.23. The van der Waals surface area contributed by atoms with Crippen molar-refractivity contribution in [3.63, 3.8) is 0 Å². The number of nitrogens with one attached hydrogen (secondary N) is 1. The molecule has 3 N–H and O–H groups in total. The molecule has 24 heavy (non-hydrogen) atoms. The number of aliphatic carboxylic acids is 1. The van der Waals surface area contributed by atoms with Gasteiger partial charge in [0.25, 0.3) is 0 Å². The average Bonchev–Trinajstić information content (AvgIpc) is 2.52. The Bertz CT molecular complexity index is 467. The first-order valence-corrected chi connectivity index (χ1v) is 8.29. The van der Waals surface area contributed by atoms with E-state index in [1.165, 1.54) is 7.11 Å². The minimum Gasteiger partial charge on any atom is -0.479 e. The van der Waals surface area contributed by atoms with E-state index in [1.54, 1.807) is 0 Å². The van der Waals surface area contributed by atoms with Crippen molar-refractivity contribution < 1.29 is 29.3 Å². The van der Waals surface area contributed by atoms with Crippen LogP contribution in [0.3, 0.4) is 0 Å². The van der Waals surface area contributed by atoms with Crippen LogP contribution in [0.4, 0.5) is 4.79 Å². The fraction of sp³-hybridized carbons (Fsp3) is 0.812. The van der Waals surface area contributed by atoms with E-state index in [9.17, 15) is 24.6 Å². The maximum atomic E-state index is 11.8. The standard InChI is InChI=1S/C16H28N2O6/c1-11(2)10-12(13(19)24-3)17-8-7-16(14(20)21)6-4-5-9-18(16)15(22)23/h11-12,17H,4-10H2,1-3H3,(H,20,21)(H,22,23)/t12-,16+/m0/s1. The van der Waals surface area contributed by atoms with Gasteiger partial charge in [-0.2, -0.15) is 0 Å². The molecule has 1 saturated heterocycles. The number of piperidine rings is 1. The molecule has 8 heteroatoms. The topological polar surface area (TPSA) is 116 Å². The summed E-state index contributed by atoms with van der Waals surface area (Å²) in [6, 6.07) is -0.525. The number of carbonyl (C=O) groups excluding carboxylic acids is 1. The zero-order chi connectivity index (χ0) is 18.3. The normalized spacial score (nSPS) is 22.2. The number of hydrogen-bond acceptors (Lipinski definition) is 5. The smallest absolute Gasteiger partial charge is 0.408 e. The lowest BCUT2D eigenvalue weighted by Crippen LogP contribution is -2.60. The Balaban J connectivity index is 2.80. The number of nitrogens with zero attached hydrogens (tertiary/aromatic N) is 1. The van der Waals surface area contributed by atoms with E-state index in [4.69, 9.17) is 4.74 Å². The molecule has 0 spiro atoms. The molecule has 2 atom stereocenters. The molecule has 0 bridgehead atoms. The quantitative estimate of drug-likeness (QED) is 0.572. The summed E-state index contributed by atoms with van der Waals surface area (Å²) < 4.78 is 4.77. The Morgan fingerprint density at radius 1 is 1.25 bits per heavy atom. The number of amides is 1. The summed E-state index contributed by atoms with van der Waals surface area (Å²) in [6.07, 6.45) is 1.07. The van der Waals surface area contributed by atoms with Gasteiger partial charge in [0.05, 0.1) is 7.11 Å². The van der Waals surface area contributed by atoms with Crippen LogP contribution in [0.5, 0.6) is 0 Å². The third kappa shape index (κ3) is 4.83. The summed E-state index contributed by atoms with van der Waals surface area (Å²) in [6.45, 7) is 4.39. The first-order chi connectivity index (χ1) is 11.2. The number of ether oxygens (including phenoxy) is 1. The van der Waals surface area contributed by atoms with Crippen LogP contribution in [0.1, 0.15) is 46.0 Å². The van der Waals surface area contributed by atoms with Crippen LogP contribution < -0.4 is 5.32 Å². The summed E-state index contributed by atoms with van der Waals surface area (Å²) in [5.74, 6) is -1.27. The van der Waals surface area contributed by atoms with Crippen molar-refractivity contribution >= 4 is 18.0 Å². The van der Waals surface area contributed by atoms with Crippen molar-refractivity contribution in [2.45, 2.75) is 57.5 Å². The highest BCUT2D eigenvalue weighted by atomic mass is 16.5. The average molecular weight is 344 g/mol. The van der Waals surface area contributed by atoms with E-state index in [0.29, 0.717) is 19.3 Å². The second kappa shape index (κ2) is 8.86. The van der Waals surface area contributed by atoms with Crippen LogP contribution in [0.15, 0.2) is 0 Å². The molecule has 1 amide bonds. The van der Waals surface area contributed by atoms with Crippen molar-refractivity contribution in [2.75, 3.05) is 20.2 Å². The molecule has 0 saturated carbocycles. The third-order valence-corrected chi connectivity index (χ3v) is 4.49. The van der Waals surface area contributed by atoms with Gasteiger partial charge < -0.3 is 20.3 Å². The molecule has 0 aromatic rings. The molecule has 0 unspecified atom stereocenters. The molecule has 138 valence electrons. The van der Waals surface area contributed by atoms with Gasteiger partial charge in [0, 0.05) is 6.54 Å². The van der Waals surface area contributed by atoms with Crippen LogP contribution >= 0.6 is 0 Å². The third-order valence-electron chi connectivity index (χ3n) is 4.49.